The molecule has 0 amide bonds. The summed E-state index contributed by atoms with van der Waals surface area (Å²) in [5.41, 5.74) is 11.8. The molecule has 13 aromatic rings. The Hall–Kier alpha value is -8.67. The molecule has 0 aliphatic rings. The van der Waals surface area contributed by atoms with Crippen LogP contribution in [0.25, 0.3) is 122 Å². The predicted octanol–water partition coefficient (Wildman–Crippen LogP) is 15.0. The van der Waals surface area contributed by atoms with E-state index in [1.54, 1.807) is 0 Å². The van der Waals surface area contributed by atoms with Gasteiger partial charge in [0.05, 0.1) is 22.1 Å². The number of benzene rings is 10. The first-order chi connectivity index (χ1) is 31.7. The number of hydrogen-bond acceptors (Lipinski definition) is 3. The van der Waals surface area contributed by atoms with Gasteiger partial charge in [0.1, 0.15) is 0 Å². The molecule has 0 N–H and O–H groups in total. The van der Waals surface area contributed by atoms with Crippen molar-refractivity contribution < 1.29 is 0 Å². The molecular formula is C59H37N5. The molecule has 0 saturated heterocycles. The van der Waals surface area contributed by atoms with Crippen LogP contribution in [0.2, 0.25) is 0 Å². The van der Waals surface area contributed by atoms with Crippen LogP contribution in [0.3, 0.4) is 0 Å². The highest BCUT2D eigenvalue weighted by molar-refractivity contribution is 6.17. The smallest absolute Gasteiger partial charge is 0.164 e. The van der Waals surface area contributed by atoms with Gasteiger partial charge in [0.2, 0.25) is 0 Å². The molecule has 64 heavy (non-hydrogen) atoms. The molecule has 0 radical (unpaired) electrons. The van der Waals surface area contributed by atoms with Gasteiger partial charge in [-0.1, -0.05) is 158 Å². The maximum Gasteiger partial charge on any atom is 0.164 e. The van der Waals surface area contributed by atoms with Crippen molar-refractivity contribution >= 4 is 65.2 Å². The molecule has 3 heterocycles. The van der Waals surface area contributed by atoms with Crippen LogP contribution in [0.5, 0.6) is 0 Å². The van der Waals surface area contributed by atoms with Gasteiger partial charge in [-0.3, -0.25) is 0 Å². The van der Waals surface area contributed by atoms with Gasteiger partial charge in [-0.15, -0.1) is 0 Å². The van der Waals surface area contributed by atoms with Crippen molar-refractivity contribution in [2.45, 2.75) is 0 Å². The van der Waals surface area contributed by atoms with Crippen molar-refractivity contribution in [3.8, 4) is 56.7 Å². The lowest BCUT2D eigenvalue weighted by atomic mass is 10.0. The van der Waals surface area contributed by atoms with E-state index >= 15 is 0 Å². The number of nitrogens with zero attached hydrogens (tertiary/aromatic N) is 5. The first-order valence-electron chi connectivity index (χ1n) is 21.7. The SMILES string of the molecule is c1ccc(-c2nc(-c3cccc(-c4ccc(-n5c6cc7ccccc7cc6c6cc7ccccc7cc65)cc4)c3)nc(-c3ccc4c5ccccc5n(-c5ccccc5)c4c3)n2)cc1. The van der Waals surface area contributed by atoms with E-state index in [0.29, 0.717) is 17.5 Å². The van der Waals surface area contributed by atoms with Crippen molar-refractivity contribution in [3.05, 3.63) is 224 Å². The predicted molar refractivity (Wildman–Crippen MR) is 265 cm³/mol. The van der Waals surface area contributed by atoms with E-state index in [4.69, 9.17) is 15.0 Å². The van der Waals surface area contributed by atoms with E-state index in [-0.39, 0.29) is 0 Å². The third-order valence-electron chi connectivity index (χ3n) is 12.7. The minimum absolute atomic E-state index is 0.621. The molecule has 5 nitrogen and oxygen atoms in total. The van der Waals surface area contributed by atoms with Crippen LogP contribution < -0.4 is 0 Å². The van der Waals surface area contributed by atoms with Crippen LogP contribution in [0.4, 0.5) is 0 Å². The quantitative estimate of drug-likeness (QED) is 0.168. The van der Waals surface area contributed by atoms with Crippen molar-refractivity contribution in [2.24, 2.45) is 0 Å². The molecule has 0 spiro atoms. The van der Waals surface area contributed by atoms with Gasteiger partial charge in [-0.2, -0.15) is 0 Å². The van der Waals surface area contributed by atoms with Crippen LogP contribution in [0.1, 0.15) is 0 Å². The van der Waals surface area contributed by atoms with Gasteiger partial charge < -0.3 is 9.13 Å². The van der Waals surface area contributed by atoms with Crippen molar-refractivity contribution in [2.75, 3.05) is 0 Å². The fraction of sp³-hybridized carbons (Fsp3) is 0. The van der Waals surface area contributed by atoms with Gasteiger partial charge in [0.25, 0.3) is 0 Å². The summed E-state index contributed by atoms with van der Waals surface area (Å²) in [6, 6.07) is 79.9. The molecule has 0 aliphatic carbocycles. The van der Waals surface area contributed by atoms with Gasteiger partial charge in [0, 0.05) is 49.6 Å². The highest BCUT2D eigenvalue weighted by Gasteiger charge is 2.18. The molecular weight excluding hydrogens is 779 g/mol. The summed E-state index contributed by atoms with van der Waals surface area (Å²) < 4.78 is 4.74. The first-order valence-corrected chi connectivity index (χ1v) is 21.7. The molecule has 0 atom stereocenters. The normalized spacial score (nSPS) is 11.8. The van der Waals surface area contributed by atoms with E-state index in [2.05, 4.69) is 215 Å². The molecule has 0 unspecified atom stereocenters. The second-order valence-corrected chi connectivity index (χ2v) is 16.5. The Morgan fingerprint density at radius 1 is 0.234 bits per heavy atom. The molecule has 0 aliphatic heterocycles. The molecule has 0 bridgehead atoms. The van der Waals surface area contributed by atoms with Gasteiger partial charge >= 0.3 is 0 Å². The summed E-state index contributed by atoms with van der Waals surface area (Å²) in [6.45, 7) is 0. The van der Waals surface area contributed by atoms with E-state index in [1.165, 1.54) is 54.1 Å². The summed E-state index contributed by atoms with van der Waals surface area (Å²) >= 11 is 0. The van der Waals surface area contributed by atoms with Crippen molar-refractivity contribution in [3.63, 3.8) is 0 Å². The zero-order chi connectivity index (χ0) is 42.1. The molecule has 0 saturated carbocycles. The lowest BCUT2D eigenvalue weighted by molar-refractivity contribution is 1.07. The number of para-hydroxylation sites is 2. The van der Waals surface area contributed by atoms with E-state index in [9.17, 15) is 0 Å². The number of fused-ring (bicyclic) bond motifs is 8. The zero-order valence-corrected chi connectivity index (χ0v) is 34.6. The van der Waals surface area contributed by atoms with E-state index in [0.717, 1.165) is 50.2 Å². The lowest BCUT2D eigenvalue weighted by Gasteiger charge is -2.12. The fourth-order valence-corrected chi connectivity index (χ4v) is 9.62. The third kappa shape index (κ3) is 5.90. The van der Waals surface area contributed by atoms with Crippen LogP contribution in [-0.2, 0) is 0 Å². The summed E-state index contributed by atoms with van der Waals surface area (Å²) in [7, 11) is 0. The standard InChI is InChI=1S/C59H37N5/c1-3-14-39(15-4-1)57-60-58(62-59(61-57)46-28-31-50-49-24-11-12-25-53(49)63(54(50)37-46)47-22-5-2-6-23-47)45-21-13-20-40(32-45)38-26-29-48(30-27-38)64-55-35-43-18-9-7-16-41(43)33-51(55)52-34-42-17-8-10-19-44(42)36-56(52)64/h1-37H. The minimum atomic E-state index is 0.621. The highest BCUT2D eigenvalue weighted by Crippen LogP contribution is 2.39. The summed E-state index contributed by atoms with van der Waals surface area (Å²) in [5, 5.41) is 9.83. The maximum atomic E-state index is 5.21. The van der Waals surface area contributed by atoms with Gasteiger partial charge in [-0.05, 0) is 99.4 Å². The Morgan fingerprint density at radius 3 is 1.33 bits per heavy atom. The second-order valence-electron chi connectivity index (χ2n) is 16.5. The molecule has 3 aromatic heterocycles. The Morgan fingerprint density at radius 2 is 0.672 bits per heavy atom. The average Bonchev–Trinajstić information content (AvgIpc) is 3.86. The van der Waals surface area contributed by atoms with Crippen LogP contribution >= 0.6 is 0 Å². The topological polar surface area (TPSA) is 48.5 Å². The monoisotopic (exact) mass is 815 g/mol. The fourth-order valence-electron chi connectivity index (χ4n) is 9.62. The number of hydrogen-bond donors (Lipinski definition) is 0. The summed E-state index contributed by atoms with van der Waals surface area (Å²) in [5.74, 6) is 1.87. The van der Waals surface area contributed by atoms with Crippen molar-refractivity contribution in [1.82, 2.24) is 24.1 Å². The maximum absolute atomic E-state index is 5.21. The summed E-state index contributed by atoms with van der Waals surface area (Å²) in [4.78, 5) is 15.4. The van der Waals surface area contributed by atoms with Crippen LogP contribution in [0, 0.1) is 0 Å². The Bertz CT molecular complexity index is 3850. The van der Waals surface area contributed by atoms with Crippen molar-refractivity contribution in [1.29, 1.82) is 0 Å². The zero-order valence-electron chi connectivity index (χ0n) is 34.6. The molecule has 5 heteroatoms. The van der Waals surface area contributed by atoms with E-state index < -0.39 is 0 Å². The second kappa shape index (κ2) is 14.5. The average molecular weight is 816 g/mol. The van der Waals surface area contributed by atoms with Crippen LogP contribution in [0.15, 0.2) is 224 Å². The molecule has 298 valence electrons. The van der Waals surface area contributed by atoms with Crippen LogP contribution in [-0.4, -0.2) is 24.1 Å². The highest BCUT2D eigenvalue weighted by atomic mass is 15.0. The molecule has 13 rings (SSSR count). The molecule has 10 aromatic carbocycles. The molecule has 0 fully saturated rings. The van der Waals surface area contributed by atoms with E-state index in [1.807, 2.05) is 18.2 Å². The van der Waals surface area contributed by atoms with Gasteiger partial charge in [-0.25, -0.2) is 15.0 Å². The largest absolute Gasteiger partial charge is 0.309 e. The third-order valence-corrected chi connectivity index (χ3v) is 12.7. The first kappa shape index (κ1) is 36.0. The minimum Gasteiger partial charge on any atom is -0.309 e. The Labute approximate surface area is 368 Å². The van der Waals surface area contributed by atoms with Gasteiger partial charge in [0.15, 0.2) is 17.5 Å². The number of aromatic nitrogens is 5. The summed E-state index contributed by atoms with van der Waals surface area (Å²) in [6.07, 6.45) is 0. The lowest BCUT2D eigenvalue weighted by Crippen LogP contribution is -2.00. The number of rotatable bonds is 6. The Balaban J connectivity index is 0.924. The Kier molecular flexibility index (Phi) is 8.15.